The zero-order valence-corrected chi connectivity index (χ0v) is 13.1. The van der Waals surface area contributed by atoms with Crippen LogP contribution in [0.4, 0.5) is 16.0 Å². The van der Waals surface area contributed by atoms with Crippen molar-refractivity contribution >= 4 is 11.6 Å². The van der Waals surface area contributed by atoms with Crippen LogP contribution in [0, 0.1) is 19.7 Å². The van der Waals surface area contributed by atoms with Crippen LogP contribution in [0.1, 0.15) is 18.3 Å². The molecule has 1 fully saturated rings. The van der Waals surface area contributed by atoms with E-state index < -0.39 is 0 Å². The van der Waals surface area contributed by atoms with Gasteiger partial charge in [-0.1, -0.05) is 0 Å². The second-order valence-electron chi connectivity index (χ2n) is 5.74. The Labute approximate surface area is 129 Å². The smallest absolute Gasteiger partial charge is 0.150 e. The minimum absolute atomic E-state index is 0.272. The maximum Gasteiger partial charge on any atom is 0.150 e. The number of aromatic nitrogens is 3. The largest absolute Gasteiger partial charge is 0.351 e. The van der Waals surface area contributed by atoms with Gasteiger partial charge in [-0.3, -0.25) is 4.98 Å². The Morgan fingerprint density at radius 1 is 1.14 bits per heavy atom. The normalized spacial score (nSPS) is 18.6. The van der Waals surface area contributed by atoms with Gasteiger partial charge in [0.1, 0.15) is 17.5 Å². The van der Waals surface area contributed by atoms with Gasteiger partial charge in [0.25, 0.3) is 0 Å². The standard InChI is InChI=1S/C16H20FN5/c1-11-8-18-13(3)16(20-11)21-6-7-22(12(2)10-21)15-5-4-14(17)9-19-15/h4-5,8-9,12H,6-7,10H2,1-3H3. The summed E-state index contributed by atoms with van der Waals surface area (Å²) in [5, 5.41) is 0. The van der Waals surface area contributed by atoms with Crippen LogP contribution in [0.25, 0.3) is 0 Å². The molecule has 1 aliphatic rings. The van der Waals surface area contributed by atoms with Gasteiger partial charge in [0.2, 0.25) is 0 Å². The molecule has 0 spiro atoms. The Kier molecular flexibility index (Phi) is 3.92. The number of nitrogens with zero attached hydrogens (tertiary/aromatic N) is 5. The van der Waals surface area contributed by atoms with Gasteiger partial charge in [0.05, 0.1) is 17.6 Å². The average Bonchev–Trinajstić information content (AvgIpc) is 2.51. The minimum atomic E-state index is -0.305. The Morgan fingerprint density at radius 2 is 1.95 bits per heavy atom. The summed E-state index contributed by atoms with van der Waals surface area (Å²) in [5.74, 6) is 1.47. The van der Waals surface area contributed by atoms with Crippen LogP contribution in [0.15, 0.2) is 24.5 Å². The lowest BCUT2D eigenvalue weighted by Crippen LogP contribution is -2.53. The highest BCUT2D eigenvalue weighted by Gasteiger charge is 2.26. The molecule has 3 heterocycles. The molecule has 0 radical (unpaired) electrons. The van der Waals surface area contributed by atoms with E-state index in [-0.39, 0.29) is 11.9 Å². The first kappa shape index (κ1) is 14.7. The predicted octanol–water partition coefficient (Wildman–Crippen LogP) is 2.34. The average molecular weight is 301 g/mol. The third-order valence-electron chi connectivity index (χ3n) is 3.98. The Hall–Kier alpha value is -2.24. The third-order valence-corrected chi connectivity index (χ3v) is 3.98. The first-order valence-corrected chi connectivity index (χ1v) is 7.48. The highest BCUT2D eigenvalue weighted by atomic mass is 19.1. The van der Waals surface area contributed by atoms with E-state index in [0.29, 0.717) is 0 Å². The monoisotopic (exact) mass is 301 g/mol. The fourth-order valence-electron chi connectivity index (χ4n) is 2.85. The summed E-state index contributed by atoms with van der Waals surface area (Å²) in [7, 11) is 0. The van der Waals surface area contributed by atoms with Gasteiger partial charge in [0.15, 0.2) is 0 Å². The van der Waals surface area contributed by atoms with Crippen LogP contribution in [0.5, 0.6) is 0 Å². The zero-order chi connectivity index (χ0) is 15.7. The van der Waals surface area contributed by atoms with E-state index in [4.69, 9.17) is 0 Å². The Bertz CT molecular complexity index is 658. The van der Waals surface area contributed by atoms with Gasteiger partial charge in [0, 0.05) is 31.9 Å². The number of halogens is 1. The summed E-state index contributed by atoms with van der Waals surface area (Å²) in [5.41, 5.74) is 1.88. The molecule has 0 N–H and O–H groups in total. The first-order chi connectivity index (χ1) is 10.5. The van der Waals surface area contributed by atoms with Gasteiger partial charge < -0.3 is 9.80 Å². The summed E-state index contributed by atoms with van der Waals surface area (Å²) in [6.07, 6.45) is 3.06. The lowest BCUT2D eigenvalue weighted by Gasteiger charge is -2.41. The second-order valence-corrected chi connectivity index (χ2v) is 5.74. The number of hydrogen-bond donors (Lipinski definition) is 0. The number of pyridine rings is 1. The quantitative estimate of drug-likeness (QED) is 0.852. The molecule has 3 rings (SSSR count). The topological polar surface area (TPSA) is 45.2 Å². The van der Waals surface area contributed by atoms with Crippen molar-refractivity contribution in [1.82, 2.24) is 15.0 Å². The number of rotatable bonds is 2. The Balaban J connectivity index is 1.77. The summed E-state index contributed by atoms with van der Waals surface area (Å²) in [6.45, 7) is 8.61. The van der Waals surface area contributed by atoms with E-state index in [1.165, 1.54) is 12.3 Å². The maximum atomic E-state index is 13.0. The molecule has 2 aromatic heterocycles. The molecule has 1 unspecified atom stereocenters. The molecular weight excluding hydrogens is 281 g/mol. The van der Waals surface area contributed by atoms with Crippen LogP contribution in [0.3, 0.4) is 0 Å². The van der Waals surface area contributed by atoms with Gasteiger partial charge in [-0.15, -0.1) is 0 Å². The minimum Gasteiger partial charge on any atom is -0.351 e. The van der Waals surface area contributed by atoms with Crippen molar-refractivity contribution in [3.8, 4) is 0 Å². The molecule has 0 aliphatic carbocycles. The van der Waals surface area contributed by atoms with Gasteiger partial charge >= 0.3 is 0 Å². The summed E-state index contributed by atoms with van der Waals surface area (Å²) >= 11 is 0. The molecule has 0 aromatic carbocycles. The number of anilines is 2. The molecule has 1 saturated heterocycles. The lowest BCUT2D eigenvalue weighted by molar-refractivity contribution is 0.539. The van der Waals surface area contributed by atoms with Crippen LogP contribution < -0.4 is 9.80 Å². The Morgan fingerprint density at radius 3 is 2.64 bits per heavy atom. The molecule has 0 amide bonds. The first-order valence-electron chi connectivity index (χ1n) is 7.48. The van der Waals surface area contributed by atoms with Gasteiger partial charge in [-0.25, -0.2) is 14.4 Å². The van der Waals surface area contributed by atoms with E-state index in [0.717, 1.165) is 42.7 Å². The van der Waals surface area contributed by atoms with Crippen LogP contribution in [-0.4, -0.2) is 40.6 Å². The summed E-state index contributed by atoms with van der Waals surface area (Å²) in [4.78, 5) is 17.7. The highest BCUT2D eigenvalue weighted by Crippen LogP contribution is 2.23. The van der Waals surface area contributed by atoms with Crippen molar-refractivity contribution in [3.63, 3.8) is 0 Å². The predicted molar refractivity (Wildman–Crippen MR) is 84.7 cm³/mol. The van der Waals surface area contributed by atoms with E-state index in [2.05, 4.69) is 31.7 Å². The molecule has 0 bridgehead atoms. The van der Waals surface area contributed by atoms with E-state index >= 15 is 0 Å². The molecule has 1 atom stereocenters. The van der Waals surface area contributed by atoms with Crippen LogP contribution >= 0.6 is 0 Å². The van der Waals surface area contributed by atoms with Crippen molar-refractivity contribution in [2.24, 2.45) is 0 Å². The van der Waals surface area contributed by atoms with E-state index in [1.807, 2.05) is 13.8 Å². The van der Waals surface area contributed by atoms with Crippen molar-refractivity contribution in [2.75, 3.05) is 29.4 Å². The van der Waals surface area contributed by atoms with Gasteiger partial charge in [-0.2, -0.15) is 0 Å². The zero-order valence-electron chi connectivity index (χ0n) is 13.1. The molecular formula is C16H20FN5. The fourth-order valence-corrected chi connectivity index (χ4v) is 2.85. The van der Waals surface area contributed by atoms with Crippen molar-refractivity contribution in [3.05, 3.63) is 41.7 Å². The number of aryl methyl sites for hydroxylation is 2. The van der Waals surface area contributed by atoms with E-state index in [1.54, 1.807) is 12.3 Å². The summed E-state index contributed by atoms with van der Waals surface area (Å²) in [6, 6.07) is 3.46. The molecule has 5 nitrogen and oxygen atoms in total. The van der Waals surface area contributed by atoms with Crippen LogP contribution in [-0.2, 0) is 0 Å². The molecule has 2 aromatic rings. The fraction of sp³-hybridized carbons (Fsp3) is 0.438. The third kappa shape index (κ3) is 2.86. The second kappa shape index (κ2) is 5.87. The maximum absolute atomic E-state index is 13.0. The highest BCUT2D eigenvalue weighted by molar-refractivity contribution is 5.48. The van der Waals surface area contributed by atoms with Crippen molar-refractivity contribution in [1.29, 1.82) is 0 Å². The van der Waals surface area contributed by atoms with Crippen molar-refractivity contribution < 1.29 is 4.39 Å². The number of piperazine rings is 1. The molecule has 0 saturated carbocycles. The van der Waals surface area contributed by atoms with Crippen molar-refractivity contribution in [2.45, 2.75) is 26.8 Å². The number of hydrogen-bond acceptors (Lipinski definition) is 5. The molecule has 6 heteroatoms. The lowest BCUT2D eigenvalue weighted by atomic mass is 10.2. The molecule has 22 heavy (non-hydrogen) atoms. The van der Waals surface area contributed by atoms with E-state index in [9.17, 15) is 4.39 Å². The SMILES string of the molecule is Cc1cnc(C)c(N2CCN(c3ccc(F)cn3)C(C)C2)n1. The van der Waals surface area contributed by atoms with Gasteiger partial charge in [-0.05, 0) is 32.9 Å². The molecule has 1 aliphatic heterocycles. The van der Waals surface area contributed by atoms with Crippen LogP contribution in [0.2, 0.25) is 0 Å². The molecule has 116 valence electrons. The summed E-state index contributed by atoms with van der Waals surface area (Å²) < 4.78 is 13.0.